The summed E-state index contributed by atoms with van der Waals surface area (Å²) in [5.41, 5.74) is 0. The average Bonchev–Trinajstić information content (AvgIpc) is 1.88. The van der Waals surface area contributed by atoms with E-state index in [0.717, 1.165) is 0 Å². The van der Waals surface area contributed by atoms with Gasteiger partial charge in [0.15, 0.2) is 0 Å². The maximum absolute atomic E-state index is 10.6. The second kappa shape index (κ2) is 3.23. The van der Waals surface area contributed by atoms with Crippen molar-refractivity contribution in [1.82, 2.24) is 5.01 Å². The van der Waals surface area contributed by atoms with Crippen LogP contribution in [0.25, 0.3) is 0 Å². The van der Waals surface area contributed by atoms with Gasteiger partial charge in [0.2, 0.25) is 0 Å². The van der Waals surface area contributed by atoms with Crippen molar-refractivity contribution < 1.29 is 9.53 Å². The molecule has 0 aromatic carbocycles. The maximum atomic E-state index is 10.6. The van der Waals surface area contributed by atoms with Gasteiger partial charge >= 0.3 is 5.97 Å². The zero-order chi connectivity index (χ0) is 7.56. The topological polar surface area (TPSA) is 55.6 Å². The van der Waals surface area contributed by atoms with Gasteiger partial charge in [-0.15, -0.1) is 11.8 Å². The lowest BCUT2D eigenvalue weighted by molar-refractivity contribution is -0.151. The van der Waals surface area contributed by atoms with E-state index in [4.69, 9.17) is 10.6 Å². The highest BCUT2D eigenvalue weighted by molar-refractivity contribution is 7.99. The number of hydrogen-bond donors (Lipinski definition) is 1. The Bertz CT molecular complexity index is 142. The molecule has 1 saturated heterocycles. The first-order valence-electron chi connectivity index (χ1n) is 2.94. The van der Waals surface area contributed by atoms with Crippen molar-refractivity contribution in [2.75, 3.05) is 19.4 Å². The van der Waals surface area contributed by atoms with Crippen molar-refractivity contribution in [3.05, 3.63) is 0 Å². The van der Waals surface area contributed by atoms with Crippen LogP contribution in [0, 0.1) is 0 Å². The zero-order valence-electron chi connectivity index (χ0n) is 5.74. The van der Waals surface area contributed by atoms with E-state index < -0.39 is 0 Å². The molecule has 0 spiro atoms. The molecule has 58 valence electrons. The third-order valence-electron chi connectivity index (χ3n) is 1.34. The molecule has 0 amide bonds. The Balaban J connectivity index is 2.43. The Morgan fingerprint density at radius 2 is 2.60 bits per heavy atom. The number of carbonyl (C=O) groups excluding carboxylic acids is 1. The molecule has 1 unspecified atom stereocenters. The summed E-state index contributed by atoms with van der Waals surface area (Å²) in [4.78, 5) is 10.6. The van der Waals surface area contributed by atoms with E-state index in [1.165, 1.54) is 5.01 Å². The van der Waals surface area contributed by atoms with Crippen molar-refractivity contribution in [3.63, 3.8) is 0 Å². The minimum atomic E-state index is -0.243. The molecule has 0 saturated carbocycles. The minimum absolute atomic E-state index is 0.123. The standard InChI is InChI=1S/C5H10N2O2S/c1-10-4-3-9-5(8)2-7(4)6/h4H,2-3,6H2,1H3. The molecular formula is C5H10N2O2S. The van der Waals surface area contributed by atoms with Crippen LogP contribution >= 0.6 is 11.8 Å². The van der Waals surface area contributed by atoms with Crippen LogP contribution in [0.2, 0.25) is 0 Å². The lowest BCUT2D eigenvalue weighted by Gasteiger charge is -2.28. The van der Waals surface area contributed by atoms with Gasteiger partial charge in [0, 0.05) is 0 Å². The van der Waals surface area contributed by atoms with E-state index >= 15 is 0 Å². The highest BCUT2D eigenvalue weighted by Gasteiger charge is 2.24. The van der Waals surface area contributed by atoms with Crippen molar-refractivity contribution in [2.24, 2.45) is 5.84 Å². The fourth-order valence-electron chi connectivity index (χ4n) is 0.760. The fraction of sp³-hybridized carbons (Fsp3) is 0.800. The number of hydrogen-bond acceptors (Lipinski definition) is 5. The van der Waals surface area contributed by atoms with E-state index in [0.29, 0.717) is 6.61 Å². The molecule has 0 aromatic heterocycles. The molecular weight excluding hydrogens is 152 g/mol. The molecule has 1 aliphatic heterocycles. The van der Waals surface area contributed by atoms with Crippen LogP contribution < -0.4 is 5.84 Å². The number of thioether (sulfide) groups is 1. The quantitative estimate of drug-likeness (QED) is 0.412. The molecule has 0 radical (unpaired) electrons. The maximum Gasteiger partial charge on any atom is 0.321 e. The number of hydrazine groups is 1. The SMILES string of the molecule is CSC1COC(=O)CN1N. The number of ether oxygens (including phenoxy) is 1. The number of esters is 1. The van der Waals surface area contributed by atoms with Gasteiger partial charge in [-0.2, -0.15) is 0 Å². The van der Waals surface area contributed by atoms with E-state index in [2.05, 4.69) is 0 Å². The van der Waals surface area contributed by atoms with Gasteiger partial charge in [0.1, 0.15) is 18.5 Å². The van der Waals surface area contributed by atoms with Crippen LogP contribution in [0.4, 0.5) is 0 Å². The molecule has 1 rings (SSSR count). The van der Waals surface area contributed by atoms with Crippen molar-refractivity contribution >= 4 is 17.7 Å². The summed E-state index contributed by atoms with van der Waals surface area (Å²) in [6, 6.07) is 0. The van der Waals surface area contributed by atoms with E-state index in [9.17, 15) is 4.79 Å². The van der Waals surface area contributed by atoms with Crippen molar-refractivity contribution in [1.29, 1.82) is 0 Å². The van der Waals surface area contributed by atoms with Gasteiger partial charge in [0.05, 0.1) is 0 Å². The molecule has 1 aliphatic rings. The smallest absolute Gasteiger partial charge is 0.321 e. The first-order chi connectivity index (χ1) is 4.74. The fourth-order valence-corrected chi connectivity index (χ4v) is 1.31. The van der Waals surface area contributed by atoms with E-state index in [-0.39, 0.29) is 17.9 Å². The van der Waals surface area contributed by atoms with Gasteiger partial charge in [0.25, 0.3) is 0 Å². The zero-order valence-corrected chi connectivity index (χ0v) is 6.56. The minimum Gasteiger partial charge on any atom is -0.462 e. The number of carbonyl (C=O) groups is 1. The number of morpholine rings is 1. The second-order valence-corrected chi connectivity index (χ2v) is 3.06. The highest BCUT2D eigenvalue weighted by atomic mass is 32.2. The first-order valence-corrected chi connectivity index (χ1v) is 4.22. The van der Waals surface area contributed by atoms with Gasteiger partial charge in [-0.05, 0) is 6.26 Å². The highest BCUT2D eigenvalue weighted by Crippen LogP contribution is 2.12. The van der Waals surface area contributed by atoms with Crippen LogP contribution in [-0.4, -0.2) is 35.8 Å². The summed E-state index contributed by atoms with van der Waals surface area (Å²) in [6.07, 6.45) is 1.93. The lowest BCUT2D eigenvalue weighted by atomic mass is 10.5. The van der Waals surface area contributed by atoms with Crippen LogP contribution in [-0.2, 0) is 9.53 Å². The van der Waals surface area contributed by atoms with Crippen molar-refractivity contribution in [3.8, 4) is 0 Å². The average molecular weight is 162 g/mol. The molecule has 2 N–H and O–H groups in total. The van der Waals surface area contributed by atoms with Gasteiger partial charge in [-0.3, -0.25) is 10.6 Å². The molecule has 1 heterocycles. The normalized spacial score (nSPS) is 28.2. The molecule has 0 aromatic rings. The summed E-state index contributed by atoms with van der Waals surface area (Å²) in [5.74, 6) is 5.25. The second-order valence-electron chi connectivity index (χ2n) is 2.05. The number of nitrogens with two attached hydrogens (primary N) is 1. The van der Waals surface area contributed by atoms with Crippen LogP contribution in [0.5, 0.6) is 0 Å². The molecule has 4 nitrogen and oxygen atoms in total. The third-order valence-corrected chi connectivity index (χ3v) is 2.29. The van der Waals surface area contributed by atoms with Crippen LogP contribution in [0.15, 0.2) is 0 Å². The predicted molar refractivity (Wildman–Crippen MR) is 39.2 cm³/mol. The van der Waals surface area contributed by atoms with Gasteiger partial charge in [-0.1, -0.05) is 0 Å². The molecule has 0 aliphatic carbocycles. The first kappa shape index (κ1) is 7.84. The summed E-state index contributed by atoms with van der Waals surface area (Å²) < 4.78 is 4.77. The monoisotopic (exact) mass is 162 g/mol. The lowest BCUT2D eigenvalue weighted by Crippen LogP contribution is -2.49. The van der Waals surface area contributed by atoms with E-state index in [1.54, 1.807) is 11.8 Å². The molecule has 1 atom stereocenters. The molecule has 1 fully saturated rings. The third kappa shape index (κ3) is 1.62. The Kier molecular flexibility index (Phi) is 2.53. The Hall–Kier alpha value is -0.260. The van der Waals surface area contributed by atoms with E-state index in [1.807, 2.05) is 6.26 Å². The Morgan fingerprint density at radius 1 is 1.90 bits per heavy atom. The number of nitrogens with zero attached hydrogens (tertiary/aromatic N) is 1. The summed E-state index contributed by atoms with van der Waals surface area (Å²) >= 11 is 1.58. The molecule has 10 heavy (non-hydrogen) atoms. The summed E-state index contributed by atoms with van der Waals surface area (Å²) in [7, 11) is 0. The number of cyclic esters (lactones) is 1. The molecule has 5 heteroatoms. The van der Waals surface area contributed by atoms with Crippen molar-refractivity contribution in [2.45, 2.75) is 5.37 Å². The predicted octanol–water partition coefficient (Wildman–Crippen LogP) is -0.592. The summed E-state index contributed by atoms with van der Waals surface area (Å²) in [5, 5.41) is 1.62. The van der Waals surface area contributed by atoms with Crippen LogP contribution in [0.1, 0.15) is 0 Å². The van der Waals surface area contributed by atoms with Crippen LogP contribution in [0.3, 0.4) is 0 Å². The van der Waals surface area contributed by atoms with Gasteiger partial charge in [-0.25, -0.2) is 5.01 Å². The molecule has 0 bridgehead atoms. The largest absolute Gasteiger partial charge is 0.462 e. The Morgan fingerprint density at radius 3 is 3.10 bits per heavy atom. The Labute approximate surface area is 63.7 Å². The summed E-state index contributed by atoms with van der Waals surface area (Å²) in [6.45, 7) is 0.599. The number of rotatable bonds is 1. The van der Waals surface area contributed by atoms with Gasteiger partial charge < -0.3 is 4.74 Å².